The number of nitrogens with one attached hydrogen (secondary N) is 1. The summed E-state index contributed by atoms with van der Waals surface area (Å²) >= 11 is 0. The maximum Gasteiger partial charge on any atom is 0.170 e. The molecule has 96 valence electrons. The highest BCUT2D eigenvalue weighted by molar-refractivity contribution is 5.48. The zero-order valence-electron chi connectivity index (χ0n) is 10.5. The van der Waals surface area contributed by atoms with Crippen LogP contribution < -0.4 is 10.1 Å². The molecule has 3 nitrogen and oxygen atoms in total. The minimum Gasteiger partial charge on any atom is -0.494 e. The molecule has 0 saturated carbocycles. The Balaban J connectivity index is 2.08. The van der Waals surface area contributed by atoms with E-state index in [1.165, 1.54) is 7.11 Å². The highest BCUT2D eigenvalue weighted by Gasteiger charge is 2.07. The van der Waals surface area contributed by atoms with E-state index >= 15 is 0 Å². The van der Waals surface area contributed by atoms with E-state index in [4.69, 9.17) is 10.00 Å². The highest BCUT2D eigenvalue weighted by Crippen LogP contribution is 2.21. The third-order valence-corrected chi connectivity index (χ3v) is 2.76. The van der Waals surface area contributed by atoms with Gasteiger partial charge in [-0.15, -0.1) is 0 Å². The Morgan fingerprint density at radius 1 is 1.21 bits per heavy atom. The number of anilines is 1. The van der Waals surface area contributed by atoms with E-state index in [1.54, 1.807) is 42.5 Å². The van der Waals surface area contributed by atoms with Crippen molar-refractivity contribution >= 4 is 5.69 Å². The molecule has 0 atom stereocenters. The van der Waals surface area contributed by atoms with Gasteiger partial charge in [-0.2, -0.15) is 5.26 Å². The first kappa shape index (κ1) is 12.9. The van der Waals surface area contributed by atoms with Gasteiger partial charge in [0.25, 0.3) is 0 Å². The number of halogens is 1. The summed E-state index contributed by atoms with van der Waals surface area (Å²) in [5.74, 6) is -0.120. The third-order valence-electron chi connectivity index (χ3n) is 2.76. The van der Waals surface area contributed by atoms with Crippen LogP contribution in [0.15, 0.2) is 42.5 Å². The Morgan fingerprint density at radius 2 is 1.95 bits per heavy atom. The number of methoxy groups -OCH3 is 1. The molecule has 0 fully saturated rings. The summed E-state index contributed by atoms with van der Waals surface area (Å²) in [4.78, 5) is 0. The lowest BCUT2D eigenvalue weighted by Gasteiger charge is -2.09. The van der Waals surface area contributed by atoms with E-state index in [9.17, 15) is 4.39 Å². The van der Waals surface area contributed by atoms with Gasteiger partial charge in [-0.3, -0.25) is 0 Å². The molecule has 0 bridgehead atoms. The molecule has 0 unspecified atom stereocenters. The van der Waals surface area contributed by atoms with Crippen molar-refractivity contribution in [2.75, 3.05) is 12.4 Å². The molecule has 0 aliphatic carbocycles. The molecule has 2 aromatic carbocycles. The fraction of sp³-hybridized carbons (Fsp3) is 0.133. The van der Waals surface area contributed by atoms with Crippen LogP contribution in [0.5, 0.6) is 5.75 Å². The lowest BCUT2D eigenvalue weighted by molar-refractivity contribution is 0.384. The Morgan fingerprint density at radius 3 is 2.58 bits per heavy atom. The van der Waals surface area contributed by atoms with E-state index in [0.717, 1.165) is 5.69 Å². The van der Waals surface area contributed by atoms with Crippen LogP contribution >= 0.6 is 0 Å². The predicted molar refractivity (Wildman–Crippen MR) is 71.4 cm³/mol. The quantitative estimate of drug-likeness (QED) is 0.912. The maximum atomic E-state index is 13.9. The Hall–Kier alpha value is -2.54. The first-order valence-electron chi connectivity index (χ1n) is 5.80. The predicted octanol–water partition coefficient (Wildman–Crippen LogP) is 3.32. The molecule has 1 N–H and O–H groups in total. The topological polar surface area (TPSA) is 45.0 Å². The van der Waals surface area contributed by atoms with Gasteiger partial charge < -0.3 is 10.1 Å². The van der Waals surface area contributed by atoms with Gasteiger partial charge in [-0.05, 0) is 30.3 Å². The lowest BCUT2D eigenvalue weighted by atomic mass is 10.2. The van der Waals surface area contributed by atoms with Crippen molar-refractivity contribution in [2.45, 2.75) is 6.54 Å². The average Bonchev–Trinajstić information content (AvgIpc) is 2.47. The van der Waals surface area contributed by atoms with Crippen molar-refractivity contribution in [2.24, 2.45) is 0 Å². The monoisotopic (exact) mass is 256 g/mol. The van der Waals surface area contributed by atoms with Crippen LogP contribution in [0.2, 0.25) is 0 Å². The first-order valence-corrected chi connectivity index (χ1v) is 5.80. The van der Waals surface area contributed by atoms with Gasteiger partial charge in [0, 0.05) is 17.8 Å². The van der Waals surface area contributed by atoms with Crippen LogP contribution in [0, 0.1) is 17.1 Å². The van der Waals surface area contributed by atoms with Gasteiger partial charge >= 0.3 is 0 Å². The molecular weight excluding hydrogens is 243 g/mol. The number of hydrogen-bond acceptors (Lipinski definition) is 3. The zero-order valence-corrected chi connectivity index (χ0v) is 10.5. The van der Waals surface area contributed by atoms with Gasteiger partial charge in [0.05, 0.1) is 18.7 Å². The van der Waals surface area contributed by atoms with E-state index in [-0.39, 0.29) is 11.6 Å². The summed E-state index contributed by atoms with van der Waals surface area (Å²) in [5, 5.41) is 11.8. The third kappa shape index (κ3) is 3.02. The van der Waals surface area contributed by atoms with Crippen LogP contribution in [0.4, 0.5) is 10.1 Å². The summed E-state index contributed by atoms with van der Waals surface area (Å²) in [6.45, 7) is 0.356. The number of nitriles is 1. The Kier molecular flexibility index (Phi) is 3.99. The van der Waals surface area contributed by atoms with Gasteiger partial charge in [0.2, 0.25) is 0 Å². The summed E-state index contributed by atoms with van der Waals surface area (Å²) in [6.07, 6.45) is 0. The summed E-state index contributed by atoms with van der Waals surface area (Å²) in [5.41, 5.74) is 1.96. The van der Waals surface area contributed by atoms with Crippen LogP contribution in [0.25, 0.3) is 0 Å². The van der Waals surface area contributed by atoms with E-state index in [0.29, 0.717) is 17.7 Å². The van der Waals surface area contributed by atoms with Crippen molar-refractivity contribution in [3.8, 4) is 11.8 Å². The number of ether oxygens (including phenoxy) is 1. The van der Waals surface area contributed by atoms with E-state index in [2.05, 4.69) is 5.32 Å². The minimum atomic E-state index is -0.355. The van der Waals surface area contributed by atoms with E-state index in [1.807, 2.05) is 6.07 Å². The molecule has 0 aromatic heterocycles. The van der Waals surface area contributed by atoms with Crippen LogP contribution in [-0.2, 0) is 6.54 Å². The van der Waals surface area contributed by atoms with Gasteiger partial charge in [-0.1, -0.05) is 12.1 Å². The zero-order chi connectivity index (χ0) is 13.7. The standard InChI is InChI=1S/C15H13FN2O/c1-19-14-4-2-3-12(15(14)16)10-18-13-7-5-11(9-17)6-8-13/h2-8,18H,10H2,1H3. The minimum absolute atomic E-state index is 0.235. The number of rotatable bonds is 4. The average molecular weight is 256 g/mol. The summed E-state index contributed by atoms with van der Waals surface area (Å²) in [7, 11) is 1.44. The van der Waals surface area contributed by atoms with Crippen molar-refractivity contribution in [1.29, 1.82) is 5.26 Å². The number of benzene rings is 2. The Bertz CT molecular complexity index is 603. The fourth-order valence-electron chi connectivity index (χ4n) is 1.71. The molecule has 0 spiro atoms. The molecule has 0 aliphatic heterocycles. The molecule has 2 rings (SSSR count). The van der Waals surface area contributed by atoms with Crippen molar-refractivity contribution in [1.82, 2.24) is 0 Å². The molecular formula is C15H13FN2O. The second-order valence-corrected chi connectivity index (χ2v) is 3.98. The summed E-state index contributed by atoms with van der Waals surface area (Å²) < 4.78 is 18.8. The van der Waals surface area contributed by atoms with Gasteiger partial charge in [0.15, 0.2) is 11.6 Å². The molecule has 19 heavy (non-hydrogen) atoms. The highest BCUT2D eigenvalue weighted by atomic mass is 19.1. The van der Waals surface area contributed by atoms with Gasteiger partial charge in [-0.25, -0.2) is 4.39 Å². The van der Waals surface area contributed by atoms with Crippen LogP contribution in [0.3, 0.4) is 0 Å². The van der Waals surface area contributed by atoms with Crippen LogP contribution in [-0.4, -0.2) is 7.11 Å². The molecule has 2 aromatic rings. The maximum absolute atomic E-state index is 13.9. The SMILES string of the molecule is COc1cccc(CNc2ccc(C#N)cc2)c1F. The second-order valence-electron chi connectivity index (χ2n) is 3.98. The fourth-order valence-corrected chi connectivity index (χ4v) is 1.71. The van der Waals surface area contributed by atoms with Crippen molar-refractivity contribution < 1.29 is 9.13 Å². The van der Waals surface area contributed by atoms with Gasteiger partial charge in [0.1, 0.15) is 0 Å². The lowest BCUT2D eigenvalue weighted by Crippen LogP contribution is -2.03. The van der Waals surface area contributed by atoms with Crippen LogP contribution in [0.1, 0.15) is 11.1 Å². The summed E-state index contributed by atoms with van der Waals surface area (Å²) in [6, 6.07) is 14.1. The molecule has 0 saturated heterocycles. The largest absolute Gasteiger partial charge is 0.494 e. The number of nitrogens with zero attached hydrogens (tertiary/aromatic N) is 1. The van der Waals surface area contributed by atoms with E-state index < -0.39 is 0 Å². The number of hydrogen-bond donors (Lipinski definition) is 1. The molecule has 0 radical (unpaired) electrons. The normalized spacial score (nSPS) is 9.74. The Labute approximate surface area is 111 Å². The molecule has 0 amide bonds. The molecule has 0 aliphatic rings. The van der Waals surface area contributed by atoms with Crippen molar-refractivity contribution in [3.63, 3.8) is 0 Å². The second kappa shape index (κ2) is 5.87. The molecule has 4 heteroatoms. The smallest absolute Gasteiger partial charge is 0.170 e. The first-order chi connectivity index (χ1) is 9.24. The molecule has 0 heterocycles. The van der Waals surface area contributed by atoms with Crippen molar-refractivity contribution in [3.05, 3.63) is 59.4 Å².